The number of ether oxygens (including phenoxy) is 3. The van der Waals surface area contributed by atoms with Gasteiger partial charge in [-0.15, -0.1) is 0 Å². The number of carbonyl (C=O) groups is 1. The molecule has 0 aromatic heterocycles. The summed E-state index contributed by atoms with van der Waals surface area (Å²) < 4.78 is 15.3. The number of rotatable bonds is 4. The van der Waals surface area contributed by atoms with E-state index >= 15 is 0 Å². The van der Waals surface area contributed by atoms with Gasteiger partial charge in [0.25, 0.3) is 0 Å². The molecule has 0 saturated heterocycles. The number of benzene rings is 1. The highest BCUT2D eigenvalue weighted by Gasteiger charge is 2.37. The minimum atomic E-state index is -0.641. The highest BCUT2D eigenvalue weighted by atomic mass is 16.5. The Morgan fingerprint density at radius 3 is 2.59 bits per heavy atom. The molecular weight excluding hydrogens is 284 g/mol. The van der Waals surface area contributed by atoms with Gasteiger partial charge in [0, 0.05) is 7.11 Å². The lowest BCUT2D eigenvalue weighted by atomic mass is 9.83. The van der Waals surface area contributed by atoms with Crippen LogP contribution in [-0.4, -0.2) is 26.8 Å². The van der Waals surface area contributed by atoms with Gasteiger partial charge in [0.1, 0.15) is 24.0 Å². The first-order chi connectivity index (χ1) is 10.6. The first-order valence-corrected chi connectivity index (χ1v) is 6.56. The fraction of sp³-hybridized carbons (Fsp3) is 0.250. The van der Waals surface area contributed by atoms with E-state index in [4.69, 9.17) is 19.9 Å². The van der Waals surface area contributed by atoms with Gasteiger partial charge in [-0.1, -0.05) is 30.3 Å². The Labute approximate surface area is 128 Å². The Morgan fingerprint density at radius 1 is 1.36 bits per heavy atom. The van der Waals surface area contributed by atoms with Gasteiger partial charge in [0.2, 0.25) is 5.88 Å². The molecule has 0 saturated carbocycles. The number of carbonyl (C=O) groups excluding carboxylic acids is 1. The molecule has 2 N–H and O–H groups in total. The molecule has 0 spiro atoms. The van der Waals surface area contributed by atoms with Crippen molar-refractivity contribution >= 4 is 5.97 Å². The summed E-state index contributed by atoms with van der Waals surface area (Å²) in [5.41, 5.74) is 6.98. The predicted octanol–water partition coefficient (Wildman–Crippen LogP) is 1.57. The average molecular weight is 300 g/mol. The molecule has 1 aromatic rings. The molecule has 6 heteroatoms. The molecule has 1 aliphatic heterocycles. The van der Waals surface area contributed by atoms with Crippen molar-refractivity contribution in [3.8, 4) is 6.07 Å². The van der Waals surface area contributed by atoms with Crippen molar-refractivity contribution in [2.75, 3.05) is 20.8 Å². The molecule has 1 heterocycles. The molecule has 1 atom stereocenters. The Balaban J connectivity index is 2.65. The van der Waals surface area contributed by atoms with Crippen LogP contribution >= 0.6 is 0 Å². The fourth-order valence-electron chi connectivity index (χ4n) is 2.37. The first-order valence-electron chi connectivity index (χ1n) is 6.56. The molecule has 114 valence electrons. The lowest BCUT2D eigenvalue weighted by Gasteiger charge is -2.27. The van der Waals surface area contributed by atoms with Crippen LogP contribution in [0.4, 0.5) is 0 Å². The smallest absolute Gasteiger partial charge is 0.338 e. The van der Waals surface area contributed by atoms with E-state index in [9.17, 15) is 10.1 Å². The zero-order chi connectivity index (χ0) is 16.1. The molecule has 0 fully saturated rings. The fourth-order valence-corrected chi connectivity index (χ4v) is 2.37. The van der Waals surface area contributed by atoms with Gasteiger partial charge in [-0.3, -0.25) is 0 Å². The predicted molar refractivity (Wildman–Crippen MR) is 78.0 cm³/mol. The summed E-state index contributed by atoms with van der Waals surface area (Å²) in [6.07, 6.45) is 0. The third-order valence-corrected chi connectivity index (χ3v) is 3.31. The van der Waals surface area contributed by atoms with E-state index in [1.165, 1.54) is 14.2 Å². The van der Waals surface area contributed by atoms with Gasteiger partial charge in [-0.25, -0.2) is 4.79 Å². The maximum Gasteiger partial charge on any atom is 0.338 e. The van der Waals surface area contributed by atoms with E-state index < -0.39 is 11.9 Å². The van der Waals surface area contributed by atoms with Crippen molar-refractivity contribution in [3.63, 3.8) is 0 Å². The van der Waals surface area contributed by atoms with E-state index in [1.54, 1.807) is 0 Å². The van der Waals surface area contributed by atoms with Crippen LogP contribution in [-0.2, 0) is 19.0 Å². The molecule has 22 heavy (non-hydrogen) atoms. The zero-order valence-corrected chi connectivity index (χ0v) is 12.3. The monoisotopic (exact) mass is 300 g/mol. The molecule has 2 rings (SSSR count). The first kappa shape index (κ1) is 15.6. The number of methoxy groups -OCH3 is 2. The molecule has 0 bridgehead atoms. The van der Waals surface area contributed by atoms with Gasteiger partial charge in [0.05, 0.1) is 18.6 Å². The van der Waals surface area contributed by atoms with Crippen LogP contribution in [0.25, 0.3) is 0 Å². The molecule has 6 nitrogen and oxygen atoms in total. The van der Waals surface area contributed by atoms with Gasteiger partial charge >= 0.3 is 5.97 Å². The number of nitrogens with two attached hydrogens (primary N) is 1. The summed E-state index contributed by atoms with van der Waals surface area (Å²) in [5, 5.41) is 9.41. The molecule has 0 unspecified atom stereocenters. The summed E-state index contributed by atoms with van der Waals surface area (Å²) in [6.45, 7) is 0.0488. The SMILES string of the molecule is COCC1=C(C(=O)OC)[C@H](c2ccccc2)C(C#N)=C(N)O1. The Bertz CT molecular complexity index is 671. The van der Waals surface area contributed by atoms with Gasteiger partial charge < -0.3 is 19.9 Å². The summed E-state index contributed by atoms with van der Waals surface area (Å²) in [6, 6.07) is 11.1. The second-order valence-electron chi connectivity index (χ2n) is 4.60. The summed E-state index contributed by atoms with van der Waals surface area (Å²) in [5.74, 6) is -1.01. The number of allylic oxidation sites excluding steroid dienone is 1. The summed E-state index contributed by atoms with van der Waals surface area (Å²) >= 11 is 0. The number of nitrogens with zero attached hydrogens (tertiary/aromatic N) is 1. The third-order valence-electron chi connectivity index (χ3n) is 3.31. The molecule has 1 aliphatic rings. The summed E-state index contributed by atoms with van der Waals surface area (Å²) in [4.78, 5) is 12.2. The van der Waals surface area contributed by atoms with Crippen LogP contribution in [0.15, 0.2) is 53.1 Å². The molecular formula is C16H16N2O4. The molecule has 0 aliphatic carbocycles. The molecule has 0 radical (unpaired) electrons. The second-order valence-corrected chi connectivity index (χ2v) is 4.60. The minimum Gasteiger partial charge on any atom is -0.466 e. The van der Waals surface area contributed by atoms with Gasteiger partial charge in [0.15, 0.2) is 0 Å². The Kier molecular flexibility index (Phi) is 4.81. The third kappa shape index (κ3) is 2.80. The molecule has 1 aromatic carbocycles. The Morgan fingerprint density at radius 2 is 2.05 bits per heavy atom. The van der Waals surface area contributed by atoms with Crippen LogP contribution in [0.1, 0.15) is 11.5 Å². The van der Waals surface area contributed by atoms with Gasteiger partial charge in [-0.05, 0) is 5.56 Å². The van der Waals surface area contributed by atoms with E-state index in [-0.39, 0.29) is 29.4 Å². The standard InChI is InChI=1S/C16H16N2O4/c1-20-9-12-14(16(19)21-2)13(10-6-4-3-5-7-10)11(8-17)15(18)22-12/h3-7,13H,9,18H2,1-2H3/t13-/m1/s1. The van der Waals surface area contributed by atoms with Crippen LogP contribution in [0.5, 0.6) is 0 Å². The van der Waals surface area contributed by atoms with Crippen molar-refractivity contribution < 1.29 is 19.0 Å². The molecule has 0 amide bonds. The van der Waals surface area contributed by atoms with E-state index in [0.717, 1.165) is 5.56 Å². The maximum absolute atomic E-state index is 12.2. The second kappa shape index (κ2) is 6.78. The summed E-state index contributed by atoms with van der Waals surface area (Å²) in [7, 11) is 2.75. The highest BCUT2D eigenvalue weighted by Crippen LogP contribution is 2.39. The Hall–Kier alpha value is -2.78. The van der Waals surface area contributed by atoms with Crippen molar-refractivity contribution in [2.45, 2.75) is 5.92 Å². The van der Waals surface area contributed by atoms with Crippen molar-refractivity contribution in [2.24, 2.45) is 5.73 Å². The normalized spacial score (nSPS) is 17.8. The number of hydrogen-bond acceptors (Lipinski definition) is 6. The number of esters is 1. The van der Waals surface area contributed by atoms with Crippen LogP contribution in [0.3, 0.4) is 0 Å². The van der Waals surface area contributed by atoms with Crippen LogP contribution in [0.2, 0.25) is 0 Å². The van der Waals surface area contributed by atoms with Crippen LogP contribution in [0, 0.1) is 11.3 Å². The van der Waals surface area contributed by atoms with Crippen molar-refractivity contribution in [3.05, 3.63) is 58.7 Å². The minimum absolute atomic E-state index is 0.0314. The largest absolute Gasteiger partial charge is 0.466 e. The maximum atomic E-state index is 12.2. The lowest BCUT2D eigenvalue weighted by molar-refractivity contribution is -0.136. The average Bonchev–Trinajstić information content (AvgIpc) is 2.54. The zero-order valence-electron chi connectivity index (χ0n) is 12.3. The van der Waals surface area contributed by atoms with Crippen molar-refractivity contribution in [1.29, 1.82) is 5.26 Å². The van der Waals surface area contributed by atoms with Crippen molar-refractivity contribution in [1.82, 2.24) is 0 Å². The van der Waals surface area contributed by atoms with E-state index in [1.807, 2.05) is 36.4 Å². The van der Waals surface area contributed by atoms with Crippen LogP contribution < -0.4 is 5.73 Å². The lowest BCUT2D eigenvalue weighted by Crippen LogP contribution is -2.27. The van der Waals surface area contributed by atoms with Gasteiger partial charge in [-0.2, -0.15) is 5.26 Å². The van der Waals surface area contributed by atoms with E-state index in [0.29, 0.717) is 0 Å². The topological polar surface area (TPSA) is 94.6 Å². The number of nitriles is 1. The number of hydrogen-bond donors (Lipinski definition) is 1. The quantitative estimate of drug-likeness (QED) is 0.848. The van der Waals surface area contributed by atoms with E-state index in [2.05, 4.69) is 0 Å². The highest BCUT2D eigenvalue weighted by molar-refractivity contribution is 5.92.